The number of nitrogens with two attached hydrogens (primary N) is 1. The maximum atomic E-state index is 12.5. The number of carboxylic acid groups (broad SMARTS) is 1. The highest BCUT2D eigenvalue weighted by Crippen LogP contribution is 2.29. The van der Waals surface area contributed by atoms with Gasteiger partial charge in [0, 0.05) is 18.5 Å². The molecule has 0 saturated carbocycles. The van der Waals surface area contributed by atoms with Crippen molar-refractivity contribution in [1.29, 1.82) is 0 Å². The molecule has 9 nitrogen and oxygen atoms in total. The average Bonchev–Trinajstić information content (AvgIpc) is 2.97. The number of carboxylic acids is 1. The number of carbonyl (C=O) groups excluding carboxylic acids is 2. The number of H-pyrrole nitrogens is 1. The molecule has 0 unspecified atom stereocenters. The molecule has 0 bridgehead atoms. The first-order valence-corrected chi connectivity index (χ1v) is 7.92. The minimum Gasteiger partial charge on any atom is -0.481 e. The molecule has 0 aliphatic heterocycles. The number of amides is 3. The highest BCUT2D eigenvalue weighted by atomic mass is 19.4. The number of urea groups is 1. The lowest BCUT2D eigenvalue weighted by molar-refractivity contribution is -0.138. The number of aliphatic carboxylic acids is 1. The number of imidazole rings is 1. The maximum absolute atomic E-state index is 12.5. The highest BCUT2D eigenvalue weighted by molar-refractivity contribution is 6.04. The van der Waals surface area contributed by atoms with Crippen LogP contribution in [0.5, 0.6) is 0 Å². The second-order valence-corrected chi connectivity index (χ2v) is 5.67. The van der Waals surface area contributed by atoms with Gasteiger partial charge < -0.3 is 21.1 Å². The summed E-state index contributed by atoms with van der Waals surface area (Å²) in [5.41, 5.74) is 4.16. The first-order chi connectivity index (χ1) is 13.1. The third-order valence-electron chi connectivity index (χ3n) is 3.50. The summed E-state index contributed by atoms with van der Waals surface area (Å²) < 4.78 is 37.6. The van der Waals surface area contributed by atoms with Gasteiger partial charge in [-0.05, 0) is 30.7 Å². The smallest absolute Gasteiger partial charge is 0.416 e. The molecule has 0 radical (unpaired) electrons. The molecule has 2 rings (SSSR count). The van der Waals surface area contributed by atoms with Crippen LogP contribution >= 0.6 is 0 Å². The Morgan fingerprint density at radius 2 is 1.79 bits per heavy atom. The Bertz CT molecular complexity index is 877. The van der Waals surface area contributed by atoms with Crippen molar-refractivity contribution in [2.75, 3.05) is 10.6 Å². The number of aromatic amines is 1. The lowest BCUT2D eigenvalue weighted by Crippen LogP contribution is -2.22. The number of carbonyl (C=O) groups is 3. The van der Waals surface area contributed by atoms with Crippen molar-refractivity contribution >= 4 is 29.4 Å². The van der Waals surface area contributed by atoms with Crippen LogP contribution in [0.4, 0.5) is 29.5 Å². The molecule has 0 aliphatic rings. The van der Waals surface area contributed by atoms with Gasteiger partial charge in [0.2, 0.25) is 0 Å². The lowest BCUT2D eigenvalue weighted by atomic mass is 10.2. The Balaban J connectivity index is 2.04. The number of nitrogens with one attached hydrogen (secondary N) is 3. The zero-order chi connectivity index (χ0) is 20.9. The fraction of sp³-hybridized carbons (Fsp3) is 0.250. The van der Waals surface area contributed by atoms with E-state index < -0.39 is 29.6 Å². The summed E-state index contributed by atoms with van der Waals surface area (Å²) in [7, 11) is 0. The number of rotatable bonds is 7. The molecule has 1 aromatic carbocycles. The molecule has 0 saturated heterocycles. The van der Waals surface area contributed by atoms with Crippen LogP contribution in [0.1, 0.15) is 34.7 Å². The quantitative estimate of drug-likeness (QED) is 0.485. The minimum absolute atomic E-state index is 0.0901. The third kappa shape index (κ3) is 5.72. The predicted octanol–water partition coefficient (Wildman–Crippen LogP) is 2.58. The molecule has 28 heavy (non-hydrogen) atoms. The van der Waals surface area contributed by atoms with Gasteiger partial charge in [0.15, 0.2) is 5.69 Å². The highest BCUT2D eigenvalue weighted by Gasteiger charge is 2.30. The van der Waals surface area contributed by atoms with Crippen LogP contribution < -0.4 is 16.4 Å². The Morgan fingerprint density at radius 3 is 2.32 bits per heavy atom. The topological polar surface area (TPSA) is 150 Å². The molecule has 12 heteroatoms. The first-order valence-electron chi connectivity index (χ1n) is 7.92. The lowest BCUT2D eigenvalue weighted by Gasteiger charge is -2.09. The summed E-state index contributed by atoms with van der Waals surface area (Å²) >= 11 is 0. The van der Waals surface area contributed by atoms with E-state index in [4.69, 9.17) is 10.8 Å². The van der Waals surface area contributed by atoms with E-state index in [1.165, 1.54) is 0 Å². The molecular formula is C16H16F3N5O4. The second-order valence-electron chi connectivity index (χ2n) is 5.67. The average molecular weight is 399 g/mol. The van der Waals surface area contributed by atoms with Crippen LogP contribution in [0.15, 0.2) is 24.3 Å². The number of aromatic nitrogens is 2. The summed E-state index contributed by atoms with van der Waals surface area (Å²) in [4.78, 5) is 40.6. The number of alkyl halides is 3. The Morgan fingerprint density at radius 1 is 1.14 bits per heavy atom. The van der Waals surface area contributed by atoms with Crippen LogP contribution in [0, 0.1) is 0 Å². The number of hydrogen-bond donors (Lipinski definition) is 5. The predicted molar refractivity (Wildman–Crippen MR) is 91.8 cm³/mol. The third-order valence-corrected chi connectivity index (χ3v) is 3.50. The fourth-order valence-corrected chi connectivity index (χ4v) is 2.23. The van der Waals surface area contributed by atoms with E-state index in [9.17, 15) is 27.6 Å². The molecule has 1 heterocycles. The second kappa shape index (κ2) is 8.41. The number of halogens is 3. The Hall–Kier alpha value is -3.57. The molecule has 0 fully saturated rings. The van der Waals surface area contributed by atoms with Gasteiger partial charge in [-0.15, -0.1) is 0 Å². The van der Waals surface area contributed by atoms with E-state index in [0.29, 0.717) is 0 Å². The van der Waals surface area contributed by atoms with Gasteiger partial charge in [0.1, 0.15) is 11.6 Å². The number of primary amides is 1. The summed E-state index contributed by atoms with van der Waals surface area (Å²) in [5.74, 6) is -1.77. The number of anilines is 2. The minimum atomic E-state index is -4.50. The maximum Gasteiger partial charge on any atom is 0.416 e. The fourth-order valence-electron chi connectivity index (χ4n) is 2.23. The van der Waals surface area contributed by atoms with Crippen molar-refractivity contribution in [3.8, 4) is 0 Å². The first kappa shape index (κ1) is 20.7. The molecule has 0 atom stereocenters. The SMILES string of the molecule is NC(=O)c1nc(CCCC(=O)O)[nH]c1NC(=O)Nc1ccc(C(F)(F)F)cc1. The van der Waals surface area contributed by atoms with Crippen LogP contribution in [0.3, 0.4) is 0 Å². The van der Waals surface area contributed by atoms with Crippen molar-refractivity contribution < 1.29 is 32.7 Å². The van der Waals surface area contributed by atoms with Crippen molar-refractivity contribution in [3.05, 3.63) is 41.3 Å². The number of benzene rings is 1. The number of nitrogens with zero attached hydrogens (tertiary/aromatic N) is 1. The summed E-state index contributed by atoms with van der Waals surface area (Å²) in [5, 5.41) is 13.2. The van der Waals surface area contributed by atoms with Crippen molar-refractivity contribution in [3.63, 3.8) is 0 Å². The summed E-state index contributed by atoms with van der Waals surface area (Å²) in [6.45, 7) is 0. The van der Waals surface area contributed by atoms with Crippen molar-refractivity contribution in [2.24, 2.45) is 5.73 Å². The monoisotopic (exact) mass is 399 g/mol. The van der Waals surface area contributed by atoms with E-state index >= 15 is 0 Å². The van der Waals surface area contributed by atoms with Gasteiger partial charge in [0.25, 0.3) is 5.91 Å². The standard InChI is InChI=1S/C16H16F3N5O4/c17-16(18,19)8-4-6-9(7-5-8)21-15(28)24-14-12(13(20)27)22-10(23-14)2-1-3-11(25)26/h4-7H,1-3H2,(H2,20,27)(H,22,23)(H,25,26)(H2,21,24,28). The van der Waals surface area contributed by atoms with Crippen molar-refractivity contribution in [2.45, 2.75) is 25.4 Å². The van der Waals surface area contributed by atoms with Gasteiger partial charge in [-0.1, -0.05) is 0 Å². The van der Waals surface area contributed by atoms with Gasteiger partial charge >= 0.3 is 18.2 Å². The molecule has 150 valence electrons. The van der Waals surface area contributed by atoms with Gasteiger partial charge in [0.05, 0.1) is 5.56 Å². The van der Waals surface area contributed by atoms with Crippen LogP contribution in [0.25, 0.3) is 0 Å². The van der Waals surface area contributed by atoms with Crippen LogP contribution in [-0.2, 0) is 17.4 Å². The summed E-state index contributed by atoms with van der Waals surface area (Å²) in [6.07, 6.45) is -4.15. The van der Waals surface area contributed by atoms with Gasteiger partial charge in [-0.2, -0.15) is 13.2 Å². The van der Waals surface area contributed by atoms with E-state index in [0.717, 1.165) is 24.3 Å². The molecule has 2 aromatic rings. The Kier molecular flexibility index (Phi) is 6.23. The van der Waals surface area contributed by atoms with Crippen LogP contribution in [-0.4, -0.2) is 33.0 Å². The number of aryl methyl sites for hydroxylation is 1. The van der Waals surface area contributed by atoms with Crippen LogP contribution in [0.2, 0.25) is 0 Å². The largest absolute Gasteiger partial charge is 0.481 e. The van der Waals surface area contributed by atoms with E-state index in [-0.39, 0.29) is 42.3 Å². The zero-order valence-electron chi connectivity index (χ0n) is 14.3. The summed E-state index contributed by atoms with van der Waals surface area (Å²) in [6, 6.07) is 2.91. The van der Waals surface area contributed by atoms with Gasteiger partial charge in [-0.25, -0.2) is 9.78 Å². The van der Waals surface area contributed by atoms with Crippen molar-refractivity contribution in [1.82, 2.24) is 9.97 Å². The molecular weight excluding hydrogens is 383 g/mol. The number of hydrogen-bond acceptors (Lipinski definition) is 4. The molecule has 1 aromatic heterocycles. The van der Waals surface area contributed by atoms with Gasteiger partial charge in [-0.3, -0.25) is 14.9 Å². The van der Waals surface area contributed by atoms with E-state index in [1.807, 2.05) is 0 Å². The van der Waals surface area contributed by atoms with E-state index in [1.54, 1.807) is 0 Å². The van der Waals surface area contributed by atoms with E-state index in [2.05, 4.69) is 20.6 Å². The molecule has 6 N–H and O–H groups in total. The Labute approximate surface area is 156 Å². The molecule has 3 amide bonds. The zero-order valence-corrected chi connectivity index (χ0v) is 14.3. The molecule has 0 spiro atoms. The molecule has 0 aliphatic carbocycles. The normalized spacial score (nSPS) is 11.1.